The van der Waals surface area contributed by atoms with Gasteiger partial charge in [0.15, 0.2) is 11.6 Å². The number of ether oxygens (including phenoxy) is 1. The maximum Gasteiger partial charge on any atom is 0.230 e. The maximum atomic E-state index is 9.45. The number of aromatic nitrogens is 3. The number of hydrogen-bond acceptors (Lipinski definition) is 10. The Hall–Kier alpha value is -2.48. The molecule has 2 fully saturated rings. The summed E-state index contributed by atoms with van der Waals surface area (Å²) in [6.45, 7) is 7.52. The molecule has 9 nitrogen and oxygen atoms in total. The number of nitrogens with one attached hydrogen (secondary N) is 1. The van der Waals surface area contributed by atoms with Crippen molar-refractivity contribution in [3.05, 3.63) is 18.0 Å². The van der Waals surface area contributed by atoms with Gasteiger partial charge >= 0.3 is 0 Å². The smallest absolute Gasteiger partial charge is 0.230 e. The summed E-state index contributed by atoms with van der Waals surface area (Å²) in [4.78, 5) is 16.0. The summed E-state index contributed by atoms with van der Waals surface area (Å²) in [7, 11) is 3.77. The Morgan fingerprint density at radius 3 is 2.69 bits per heavy atom. The van der Waals surface area contributed by atoms with Crippen LogP contribution in [-0.4, -0.2) is 83.1 Å². The number of hydrogen-bond donors (Lipinski definition) is 1. The fourth-order valence-electron chi connectivity index (χ4n) is 3.99. The first-order valence-electron chi connectivity index (χ1n) is 9.70. The molecule has 2 saturated heterocycles. The molecule has 0 amide bonds. The molecular formula is C19H26N8OS. The average molecular weight is 415 g/mol. The Balaban J connectivity index is 1.52. The van der Waals surface area contributed by atoms with E-state index in [9.17, 15) is 5.26 Å². The van der Waals surface area contributed by atoms with E-state index in [1.54, 1.807) is 13.3 Å². The number of likely N-dealkylation sites (N-methyl/N-ethyl adjacent to an activating group) is 1. The third-order valence-corrected chi connectivity index (χ3v) is 6.47. The zero-order valence-electron chi connectivity index (χ0n) is 17.1. The molecule has 0 radical (unpaired) electrons. The van der Waals surface area contributed by atoms with E-state index >= 15 is 0 Å². The Morgan fingerprint density at radius 2 is 2.07 bits per heavy atom. The molecule has 10 heteroatoms. The third-order valence-electron chi connectivity index (χ3n) is 5.67. The number of nitriles is 1. The van der Waals surface area contributed by atoms with E-state index in [0.29, 0.717) is 18.1 Å². The minimum absolute atomic E-state index is 0.117. The molecule has 0 bridgehead atoms. The lowest BCUT2D eigenvalue weighted by molar-refractivity contribution is 0.0217. The first-order valence-corrected chi connectivity index (χ1v) is 10.5. The molecule has 0 spiro atoms. The van der Waals surface area contributed by atoms with Gasteiger partial charge in [-0.3, -0.25) is 4.90 Å². The second-order valence-corrected chi connectivity index (χ2v) is 8.55. The van der Waals surface area contributed by atoms with Crippen LogP contribution in [0.15, 0.2) is 12.3 Å². The van der Waals surface area contributed by atoms with Gasteiger partial charge in [-0.05, 0) is 31.6 Å². The predicted molar refractivity (Wildman–Crippen MR) is 113 cm³/mol. The zero-order chi connectivity index (χ0) is 20.4. The molecular weight excluding hydrogens is 388 g/mol. The molecule has 154 valence electrons. The lowest BCUT2D eigenvalue weighted by Gasteiger charge is -2.57. The van der Waals surface area contributed by atoms with E-state index in [-0.39, 0.29) is 5.54 Å². The molecule has 2 aromatic rings. The highest BCUT2D eigenvalue weighted by Gasteiger charge is 2.49. The average Bonchev–Trinajstić information content (AvgIpc) is 3.10. The molecule has 0 atom stereocenters. The van der Waals surface area contributed by atoms with Crippen LogP contribution in [-0.2, 0) is 0 Å². The van der Waals surface area contributed by atoms with Crippen molar-refractivity contribution in [1.29, 1.82) is 5.26 Å². The quantitative estimate of drug-likeness (QED) is 0.758. The van der Waals surface area contributed by atoms with E-state index in [1.807, 2.05) is 13.0 Å². The fraction of sp³-hybridized carbons (Fsp3) is 0.579. The highest BCUT2D eigenvalue weighted by molar-refractivity contribution is 7.10. The zero-order valence-corrected chi connectivity index (χ0v) is 17.9. The van der Waals surface area contributed by atoms with Gasteiger partial charge in [0.1, 0.15) is 5.00 Å². The first-order chi connectivity index (χ1) is 14.0. The summed E-state index contributed by atoms with van der Waals surface area (Å²) in [6, 6.07) is 4.37. The Bertz CT molecular complexity index is 896. The predicted octanol–water partition coefficient (Wildman–Crippen LogP) is 1.71. The number of rotatable bonds is 6. The lowest BCUT2D eigenvalue weighted by Crippen LogP contribution is -2.72. The number of aryl methyl sites for hydroxylation is 1. The van der Waals surface area contributed by atoms with Crippen LogP contribution in [0.1, 0.15) is 12.1 Å². The Labute approximate surface area is 175 Å². The first kappa shape index (κ1) is 19.8. The van der Waals surface area contributed by atoms with Crippen molar-refractivity contribution in [2.24, 2.45) is 0 Å². The largest absolute Gasteiger partial charge is 0.491 e. The van der Waals surface area contributed by atoms with Gasteiger partial charge in [-0.2, -0.15) is 14.6 Å². The van der Waals surface area contributed by atoms with Gasteiger partial charge in [0.05, 0.1) is 37.0 Å². The molecule has 29 heavy (non-hydrogen) atoms. The van der Waals surface area contributed by atoms with Crippen molar-refractivity contribution in [2.45, 2.75) is 18.9 Å². The minimum atomic E-state index is -0.117. The van der Waals surface area contributed by atoms with Crippen LogP contribution in [0.4, 0.5) is 16.8 Å². The van der Waals surface area contributed by atoms with E-state index in [2.05, 4.69) is 42.5 Å². The van der Waals surface area contributed by atoms with Crippen molar-refractivity contribution in [3.63, 3.8) is 0 Å². The summed E-state index contributed by atoms with van der Waals surface area (Å²) >= 11 is 1.38. The standard InChI is InChI=1S/C19H26N8OS/c1-14-10-16(29-24-14)22-18-21-11-15(28-3)17(23-18)26-12-19(13-26,4-5-20)27-8-6-25(2)7-9-27/h10-11H,4,6-9,12-13H2,1-3H3,(H,21,22,23). The summed E-state index contributed by atoms with van der Waals surface area (Å²) in [5.41, 5.74) is 0.844. The van der Waals surface area contributed by atoms with Gasteiger partial charge in [0.2, 0.25) is 5.95 Å². The van der Waals surface area contributed by atoms with Gasteiger partial charge in [-0.15, -0.1) is 0 Å². The summed E-state index contributed by atoms with van der Waals surface area (Å²) in [5.74, 6) is 1.91. The summed E-state index contributed by atoms with van der Waals surface area (Å²) in [5, 5.41) is 13.6. The number of methoxy groups -OCH3 is 1. The van der Waals surface area contributed by atoms with Crippen LogP contribution in [0.25, 0.3) is 0 Å². The number of piperazine rings is 1. The summed E-state index contributed by atoms with van der Waals surface area (Å²) < 4.78 is 9.79. The molecule has 1 N–H and O–H groups in total. The van der Waals surface area contributed by atoms with Gasteiger partial charge in [0.25, 0.3) is 0 Å². The normalized spacial score (nSPS) is 19.4. The molecule has 0 aliphatic carbocycles. The van der Waals surface area contributed by atoms with Crippen LogP contribution in [0.2, 0.25) is 0 Å². The Kier molecular flexibility index (Phi) is 5.54. The van der Waals surface area contributed by atoms with Crippen molar-refractivity contribution >= 4 is 28.3 Å². The maximum absolute atomic E-state index is 9.45. The van der Waals surface area contributed by atoms with Gasteiger partial charge in [0, 0.05) is 39.3 Å². The molecule has 0 aromatic carbocycles. The van der Waals surface area contributed by atoms with Crippen molar-refractivity contribution in [3.8, 4) is 11.8 Å². The molecule has 4 heterocycles. The molecule has 2 aliphatic rings. The Morgan fingerprint density at radius 1 is 1.31 bits per heavy atom. The second kappa shape index (κ2) is 8.10. The van der Waals surface area contributed by atoms with Gasteiger partial charge < -0.3 is 19.9 Å². The van der Waals surface area contributed by atoms with Crippen LogP contribution in [0.5, 0.6) is 5.75 Å². The van der Waals surface area contributed by atoms with Crippen LogP contribution in [0.3, 0.4) is 0 Å². The van der Waals surface area contributed by atoms with E-state index in [4.69, 9.17) is 9.72 Å². The number of anilines is 3. The highest BCUT2D eigenvalue weighted by atomic mass is 32.1. The lowest BCUT2D eigenvalue weighted by atomic mass is 9.84. The van der Waals surface area contributed by atoms with E-state index in [1.165, 1.54) is 11.5 Å². The van der Waals surface area contributed by atoms with Crippen LogP contribution < -0.4 is 15.0 Å². The molecule has 0 saturated carbocycles. The second-order valence-electron chi connectivity index (χ2n) is 7.75. The van der Waals surface area contributed by atoms with Crippen molar-refractivity contribution in [1.82, 2.24) is 24.1 Å². The van der Waals surface area contributed by atoms with Gasteiger partial charge in [-0.1, -0.05) is 0 Å². The molecule has 2 aliphatic heterocycles. The number of nitrogens with zero attached hydrogens (tertiary/aromatic N) is 7. The molecule has 4 rings (SSSR count). The SMILES string of the molecule is COc1cnc(Nc2cc(C)ns2)nc1N1CC(CC#N)(N2CCN(C)CC2)C1. The van der Waals surface area contributed by atoms with E-state index in [0.717, 1.165) is 55.8 Å². The summed E-state index contributed by atoms with van der Waals surface area (Å²) in [6.07, 6.45) is 2.21. The van der Waals surface area contributed by atoms with Crippen LogP contribution in [0, 0.1) is 18.3 Å². The molecule has 0 unspecified atom stereocenters. The monoisotopic (exact) mass is 414 g/mol. The van der Waals surface area contributed by atoms with Crippen molar-refractivity contribution in [2.75, 3.05) is 63.6 Å². The molecule has 2 aromatic heterocycles. The van der Waals surface area contributed by atoms with Gasteiger partial charge in [-0.25, -0.2) is 4.98 Å². The van der Waals surface area contributed by atoms with Crippen molar-refractivity contribution < 1.29 is 4.74 Å². The topological polar surface area (TPSA) is 93.4 Å². The highest BCUT2D eigenvalue weighted by Crippen LogP contribution is 2.38. The fourth-order valence-corrected chi connectivity index (χ4v) is 4.65. The van der Waals surface area contributed by atoms with E-state index < -0.39 is 0 Å². The van der Waals surface area contributed by atoms with Crippen LogP contribution >= 0.6 is 11.5 Å². The minimum Gasteiger partial charge on any atom is -0.491 e. The third kappa shape index (κ3) is 3.99.